The number of piperidine rings is 1. The van der Waals surface area contributed by atoms with Crippen LogP contribution in [0.2, 0.25) is 0 Å². The molecule has 0 aliphatic carbocycles. The van der Waals surface area contributed by atoms with Gasteiger partial charge in [0.05, 0.1) is 0 Å². The minimum absolute atomic E-state index is 0.343. The van der Waals surface area contributed by atoms with Crippen molar-refractivity contribution in [2.75, 3.05) is 13.1 Å². The fraction of sp³-hybridized carbons (Fsp3) is 0.600. The zero-order valence-corrected chi connectivity index (χ0v) is 12.4. The molecule has 0 spiro atoms. The van der Waals surface area contributed by atoms with Crippen molar-refractivity contribution in [3.8, 4) is 0 Å². The molecule has 1 heterocycles. The Morgan fingerprint density at radius 2 is 1.95 bits per heavy atom. The number of aliphatic imine (C=N–C) groups is 1. The third kappa shape index (κ3) is 3.70. The highest BCUT2D eigenvalue weighted by Crippen LogP contribution is 2.27. The Morgan fingerprint density at radius 3 is 2.35 bits per heavy atom. The molecule has 0 atom stereocenters. The number of carbonyl (C=O) groups is 1. The molecule has 112 valence electrons. The van der Waals surface area contributed by atoms with Gasteiger partial charge in [-0.15, -0.1) is 0 Å². The summed E-state index contributed by atoms with van der Waals surface area (Å²) in [5.41, 5.74) is 5.14. The molecule has 20 heavy (non-hydrogen) atoms. The van der Waals surface area contributed by atoms with Crippen molar-refractivity contribution in [1.29, 1.82) is 0 Å². The van der Waals surface area contributed by atoms with Gasteiger partial charge in [-0.3, -0.25) is 4.79 Å². The number of amides is 1. The summed E-state index contributed by atoms with van der Waals surface area (Å²) in [4.78, 5) is 17.8. The van der Waals surface area contributed by atoms with Crippen molar-refractivity contribution in [1.82, 2.24) is 4.90 Å². The zero-order valence-electron chi connectivity index (χ0n) is 12.4. The molecule has 0 bridgehead atoms. The second kappa shape index (κ2) is 7.24. The first-order valence-corrected chi connectivity index (χ1v) is 7.12. The van der Waals surface area contributed by atoms with Crippen molar-refractivity contribution < 1.29 is 9.90 Å². The molecule has 5 nitrogen and oxygen atoms in total. The van der Waals surface area contributed by atoms with E-state index in [4.69, 9.17) is 5.73 Å². The standard InChI is InChI=1S/C15H25N3O2/c1-4-9-17-13(12(5-2)6-3)18-10-7-15(20,8-11-18)14(16)19/h4,9,20H,1,5-8,10-11H2,2-3H3,(H2,16,19)/b17-9-. The van der Waals surface area contributed by atoms with Crippen LogP contribution in [0.4, 0.5) is 0 Å². The normalized spacial score (nSPS) is 18.1. The molecule has 1 fully saturated rings. The highest BCUT2D eigenvalue weighted by atomic mass is 16.3. The van der Waals surface area contributed by atoms with Crippen molar-refractivity contribution in [2.45, 2.75) is 45.1 Å². The van der Waals surface area contributed by atoms with Crippen molar-refractivity contribution in [2.24, 2.45) is 10.7 Å². The van der Waals surface area contributed by atoms with Crippen LogP contribution in [0.15, 0.2) is 29.0 Å². The zero-order chi connectivity index (χ0) is 15.2. The summed E-state index contributed by atoms with van der Waals surface area (Å²) in [5.74, 6) is 0.296. The number of rotatable bonds is 6. The Balaban J connectivity index is 2.92. The van der Waals surface area contributed by atoms with E-state index in [1.54, 1.807) is 12.3 Å². The number of primary amides is 1. The van der Waals surface area contributed by atoms with Gasteiger partial charge >= 0.3 is 0 Å². The van der Waals surface area contributed by atoms with E-state index in [1.807, 2.05) is 0 Å². The monoisotopic (exact) mass is 279 g/mol. The maximum absolute atomic E-state index is 11.3. The summed E-state index contributed by atoms with van der Waals surface area (Å²) in [6.07, 6.45) is 5.86. The number of hydrogen-bond donors (Lipinski definition) is 2. The number of likely N-dealkylation sites (tertiary alicyclic amines) is 1. The summed E-state index contributed by atoms with van der Waals surface area (Å²) in [6.45, 7) is 9.00. The van der Waals surface area contributed by atoms with Crippen LogP contribution in [0.3, 0.4) is 0 Å². The minimum atomic E-state index is -1.37. The summed E-state index contributed by atoms with van der Waals surface area (Å²) < 4.78 is 0. The molecule has 0 radical (unpaired) electrons. The molecular formula is C15H25N3O2. The van der Waals surface area contributed by atoms with Gasteiger partial charge < -0.3 is 15.7 Å². The van der Waals surface area contributed by atoms with Crippen LogP contribution in [0.25, 0.3) is 0 Å². The molecule has 5 heteroatoms. The predicted octanol–water partition coefficient (Wildman–Crippen LogP) is 1.59. The first kappa shape index (κ1) is 16.4. The summed E-state index contributed by atoms with van der Waals surface area (Å²) >= 11 is 0. The van der Waals surface area contributed by atoms with Crippen LogP contribution in [0, 0.1) is 0 Å². The van der Waals surface area contributed by atoms with E-state index < -0.39 is 11.5 Å². The summed E-state index contributed by atoms with van der Waals surface area (Å²) in [7, 11) is 0. The van der Waals surface area contributed by atoms with E-state index in [-0.39, 0.29) is 0 Å². The topological polar surface area (TPSA) is 78.9 Å². The van der Waals surface area contributed by atoms with E-state index in [1.165, 1.54) is 5.57 Å². The Kier molecular flexibility index (Phi) is 5.95. The van der Waals surface area contributed by atoms with Gasteiger partial charge in [-0.25, -0.2) is 4.99 Å². The molecule has 0 aromatic rings. The second-order valence-corrected chi connectivity index (χ2v) is 5.03. The number of nitrogens with zero attached hydrogens (tertiary/aromatic N) is 2. The van der Waals surface area contributed by atoms with E-state index in [0.29, 0.717) is 25.9 Å². The number of allylic oxidation sites excluding steroid dienone is 2. The minimum Gasteiger partial charge on any atom is -0.380 e. The van der Waals surface area contributed by atoms with E-state index in [2.05, 4.69) is 30.3 Å². The van der Waals surface area contributed by atoms with Crippen LogP contribution in [-0.4, -0.2) is 40.8 Å². The third-order valence-corrected chi connectivity index (χ3v) is 3.82. The molecular weight excluding hydrogens is 254 g/mol. The lowest BCUT2D eigenvalue weighted by molar-refractivity contribution is -0.140. The molecule has 3 N–H and O–H groups in total. The Bertz CT molecular complexity index is 413. The first-order valence-electron chi connectivity index (χ1n) is 7.12. The van der Waals surface area contributed by atoms with Gasteiger partial charge in [0, 0.05) is 32.1 Å². The smallest absolute Gasteiger partial charge is 0.249 e. The number of carbonyl (C=O) groups excluding carboxylic acids is 1. The van der Waals surface area contributed by atoms with Crippen molar-refractivity contribution in [3.05, 3.63) is 24.0 Å². The maximum Gasteiger partial charge on any atom is 0.249 e. The van der Waals surface area contributed by atoms with Crippen LogP contribution in [0.5, 0.6) is 0 Å². The van der Waals surface area contributed by atoms with E-state index >= 15 is 0 Å². The number of nitrogens with two attached hydrogens (primary N) is 1. The lowest BCUT2D eigenvalue weighted by atomic mass is 9.90. The molecule has 0 aromatic carbocycles. The van der Waals surface area contributed by atoms with E-state index in [0.717, 1.165) is 18.7 Å². The van der Waals surface area contributed by atoms with Gasteiger partial charge in [0.25, 0.3) is 0 Å². The summed E-state index contributed by atoms with van der Waals surface area (Å²) in [5, 5.41) is 10.1. The quantitative estimate of drug-likeness (QED) is 0.725. The second-order valence-electron chi connectivity index (χ2n) is 5.03. The van der Waals surface area contributed by atoms with Crippen molar-refractivity contribution >= 4 is 12.1 Å². The molecule has 1 aliphatic rings. The first-order chi connectivity index (χ1) is 9.48. The highest BCUT2D eigenvalue weighted by Gasteiger charge is 2.38. The number of hydrogen-bond acceptors (Lipinski definition) is 4. The van der Waals surface area contributed by atoms with Gasteiger partial charge in [0.15, 0.2) is 0 Å². The van der Waals surface area contributed by atoms with Crippen LogP contribution in [0.1, 0.15) is 39.5 Å². The molecule has 0 unspecified atom stereocenters. The Labute approximate surface area is 120 Å². The van der Waals surface area contributed by atoms with Crippen LogP contribution < -0.4 is 5.73 Å². The van der Waals surface area contributed by atoms with E-state index in [9.17, 15) is 9.90 Å². The van der Waals surface area contributed by atoms with Crippen molar-refractivity contribution in [3.63, 3.8) is 0 Å². The van der Waals surface area contributed by atoms with Gasteiger partial charge in [-0.1, -0.05) is 26.5 Å². The molecule has 1 amide bonds. The summed E-state index contributed by atoms with van der Waals surface area (Å²) in [6, 6.07) is 0. The van der Waals surface area contributed by atoms with Gasteiger partial charge in [-0.05, 0) is 18.4 Å². The predicted molar refractivity (Wildman–Crippen MR) is 81.2 cm³/mol. The average molecular weight is 279 g/mol. The van der Waals surface area contributed by atoms with Crippen LogP contribution in [-0.2, 0) is 4.79 Å². The average Bonchev–Trinajstić information content (AvgIpc) is 2.44. The number of aliphatic hydroxyl groups is 1. The molecule has 1 rings (SSSR count). The largest absolute Gasteiger partial charge is 0.380 e. The van der Waals surface area contributed by atoms with Crippen LogP contribution >= 0.6 is 0 Å². The molecule has 1 saturated heterocycles. The lowest BCUT2D eigenvalue weighted by Gasteiger charge is -2.38. The lowest BCUT2D eigenvalue weighted by Crippen LogP contribution is -2.51. The maximum atomic E-state index is 11.3. The fourth-order valence-electron chi connectivity index (χ4n) is 2.42. The Hall–Kier alpha value is -1.62. The molecule has 0 saturated carbocycles. The SMILES string of the molecule is C=C/C=N\C(=C(CC)CC)N1CCC(O)(C(N)=O)CC1. The van der Waals surface area contributed by atoms with Gasteiger partial charge in [-0.2, -0.15) is 0 Å². The fourth-order valence-corrected chi connectivity index (χ4v) is 2.42. The van der Waals surface area contributed by atoms with Gasteiger partial charge in [0.2, 0.25) is 5.91 Å². The third-order valence-electron chi connectivity index (χ3n) is 3.82. The molecule has 0 aromatic heterocycles. The van der Waals surface area contributed by atoms with Gasteiger partial charge in [0.1, 0.15) is 11.4 Å². The Morgan fingerprint density at radius 1 is 1.40 bits per heavy atom. The molecule has 1 aliphatic heterocycles. The highest BCUT2D eigenvalue weighted by molar-refractivity contribution is 5.83.